The molecule has 3 rings (SSSR count). The highest BCUT2D eigenvalue weighted by Crippen LogP contribution is 2.26. The lowest BCUT2D eigenvalue weighted by molar-refractivity contribution is -0.130. The lowest BCUT2D eigenvalue weighted by atomic mass is 10.1. The molecule has 2 amide bonds. The van der Waals surface area contributed by atoms with Crippen molar-refractivity contribution >= 4 is 17.9 Å². The van der Waals surface area contributed by atoms with Gasteiger partial charge in [-0.2, -0.15) is 0 Å². The SMILES string of the molecule is CNC(=O)C1CN(C)CCN(C(=O)C2=Cc3ccccc3OC2)C1. The standard InChI is InChI=1S/C18H23N3O3/c1-19-17(22)15-10-20(2)7-8-21(11-15)18(23)14-9-13-5-3-4-6-16(13)24-12-14/h3-6,9,15H,7-8,10-12H2,1-2H3,(H,19,22). The smallest absolute Gasteiger partial charge is 0.253 e. The number of amides is 2. The van der Waals surface area contributed by atoms with Gasteiger partial charge in [0.25, 0.3) is 5.91 Å². The molecule has 0 saturated carbocycles. The Morgan fingerprint density at radius 1 is 1.21 bits per heavy atom. The van der Waals surface area contributed by atoms with E-state index in [2.05, 4.69) is 10.2 Å². The first-order valence-corrected chi connectivity index (χ1v) is 8.20. The van der Waals surface area contributed by atoms with Crippen LogP contribution in [0.2, 0.25) is 0 Å². The fourth-order valence-corrected chi connectivity index (χ4v) is 3.17. The summed E-state index contributed by atoms with van der Waals surface area (Å²) in [7, 11) is 3.61. The minimum absolute atomic E-state index is 0.0271. The Labute approximate surface area is 142 Å². The highest BCUT2D eigenvalue weighted by atomic mass is 16.5. The number of nitrogens with one attached hydrogen (secondary N) is 1. The number of nitrogens with zero attached hydrogens (tertiary/aromatic N) is 2. The summed E-state index contributed by atoms with van der Waals surface area (Å²) in [5.74, 6) is 0.506. The van der Waals surface area contributed by atoms with Gasteiger partial charge in [0.2, 0.25) is 5.91 Å². The molecule has 2 aliphatic heterocycles. The molecule has 6 heteroatoms. The third kappa shape index (κ3) is 3.43. The van der Waals surface area contributed by atoms with Crippen LogP contribution in [0.4, 0.5) is 0 Å². The number of hydrogen-bond acceptors (Lipinski definition) is 4. The monoisotopic (exact) mass is 329 g/mol. The first kappa shape index (κ1) is 16.5. The fraction of sp³-hybridized carbons (Fsp3) is 0.444. The molecule has 24 heavy (non-hydrogen) atoms. The third-order valence-corrected chi connectivity index (χ3v) is 4.54. The Hall–Kier alpha value is -2.34. The van der Waals surface area contributed by atoms with Gasteiger partial charge in [-0.05, 0) is 19.2 Å². The highest BCUT2D eigenvalue weighted by Gasteiger charge is 2.30. The minimum atomic E-state index is -0.219. The van der Waals surface area contributed by atoms with Gasteiger partial charge in [-0.3, -0.25) is 9.59 Å². The number of carbonyl (C=O) groups is 2. The first-order valence-electron chi connectivity index (χ1n) is 8.20. The van der Waals surface area contributed by atoms with Crippen LogP contribution in [0.25, 0.3) is 6.08 Å². The molecule has 2 aliphatic rings. The Balaban J connectivity index is 1.79. The number of benzene rings is 1. The molecule has 1 fully saturated rings. The summed E-state index contributed by atoms with van der Waals surface area (Å²) in [6, 6.07) is 7.67. The summed E-state index contributed by atoms with van der Waals surface area (Å²) < 4.78 is 5.69. The first-order chi connectivity index (χ1) is 11.6. The van der Waals surface area contributed by atoms with E-state index in [-0.39, 0.29) is 24.3 Å². The van der Waals surface area contributed by atoms with Gasteiger partial charge in [-0.15, -0.1) is 0 Å². The molecule has 0 aliphatic carbocycles. The second-order valence-electron chi connectivity index (χ2n) is 6.32. The summed E-state index contributed by atoms with van der Waals surface area (Å²) in [6.45, 7) is 2.72. The number of hydrogen-bond donors (Lipinski definition) is 1. The molecule has 1 unspecified atom stereocenters. The van der Waals surface area contributed by atoms with E-state index in [4.69, 9.17) is 4.74 Å². The summed E-state index contributed by atoms with van der Waals surface area (Å²) in [6.07, 6.45) is 1.89. The summed E-state index contributed by atoms with van der Waals surface area (Å²) >= 11 is 0. The fourth-order valence-electron chi connectivity index (χ4n) is 3.17. The number of rotatable bonds is 2. The number of ether oxygens (including phenoxy) is 1. The third-order valence-electron chi connectivity index (χ3n) is 4.54. The van der Waals surface area contributed by atoms with Crippen LogP contribution < -0.4 is 10.1 Å². The van der Waals surface area contributed by atoms with Crippen molar-refractivity contribution in [2.24, 2.45) is 5.92 Å². The average Bonchev–Trinajstić information content (AvgIpc) is 2.81. The molecular formula is C18H23N3O3. The van der Waals surface area contributed by atoms with Crippen molar-refractivity contribution in [2.45, 2.75) is 0 Å². The van der Waals surface area contributed by atoms with Gasteiger partial charge in [0.15, 0.2) is 0 Å². The topological polar surface area (TPSA) is 61.9 Å². The van der Waals surface area contributed by atoms with E-state index in [1.807, 2.05) is 37.4 Å². The van der Waals surface area contributed by atoms with Crippen molar-refractivity contribution < 1.29 is 14.3 Å². The zero-order valence-electron chi connectivity index (χ0n) is 14.1. The van der Waals surface area contributed by atoms with Crippen LogP contribution >= 0.6 is 0 Å². The van der Waals surface area contributed by atoms with Crippen molar-refractivity contribution in [3.05, 3.63) is 35.4 Å². The quantitative estimate of drug-likeness (QED) is 0.863. The van der Waals surface area contributed by atoms with Gasteiger partial charge >= 0.3 is 0 Å². The summed E-state index contributed by atoms with van der Waals surface area (Å²) in [4.78, 5) is 28.8. The van der Waals surface area contributed by atoms with E-state index in [0.717, 1.165) is 17.9 Å². The molecule has 6 nitrogen and oxygen atoms in total. The number of para-hydroxylation sites is 1. The lowest BCUT2D eigenvalue weighted by Gasteiger charge is -2.26. The van der Waals surface area contributed by atoms with E-state index >= 15 is 0 Å². The maximum atomic E-state index is 12.9. The number of carbonyl (C=O) groups excluding carboxylic acids is 2. The molecule has 128 valence electrons. The van der Waals surface area contributed by atoms with Gasteiger partial charge in [-0.25, -0.2) is 0 Å². The van der Waals surface area contributed by atoms with Gasteiger partial charge in [0, 0.05) is 38.8 Å². The predicted octanol–water partition coefficient (Wildman–Crippen LogP) is 0.599. The van der Waals surface area contributed by atoms with Crippen LogP contribution in [0.15, 0.2) is 29.8 Å². The second kappa shape index (κ2) is 7.05. The molecule has 1 aromatic rings. The van der Waals surface area contributed by atoms with Crippen molar-refractivity contribution in [1.29, 1.82) is 0 Å². The van der Waals surface area contributed by atoms with E-state index in [1.165, 1.54) is 0 Å². The van der Waals surface area contributed by atoms with Crippen molar-refractivity contribution in [2.75, 3.05) is 46.9 Å². The maximum Gasteiger partial charge on any atom is 0.253 e. The lowest BCUT2D eigenvalue weighted by Crippen LogP contribution is -2.42. The van der Waals surface area contributed by atoms with E-state index in [1.54, 1.807) is 11.9 Å². The van der Waals surface area contributed by atoms with Crippen molar-refractivity contribution in [3.8, 4) is 5.75 Å². The van der Waals surface area contributed by atoms with Gasteiger partial charge in [-0.1, -0.05) is 18.2 Å². The average molecular weight is 329 g/mol. The predicted molar refractivity (Wildman–Crippen MR) is 91.5 cm³/mol. The minimum Gasteiger partial charge on any atom is -0.488 e. The molecule has 1 atom stereocenters. The molecule has 1 aromatic carbocycles. The van der Waals surface area contributed by atoms with Gasteiger partial charge in [0.05, 0.1) is 11.5 Å². The van der Waals surface area contributed by atoms with Crippen molar-refractivity contribution in [1.82, 2.24) is 15.1 Å². The van der Waals surface area contributed by atoms with Crippen LogP contribution in [-0.4, -0.2) is 68.5 Å². The Morgan fingerprint density at radius 2 is 2.00 bits per heavy atom. The van der Waals surface area contributed by atoms with Crippen LogP contribution in [0.5, 0.6) is 5.75 Å². The van der Waals surface area contributed by atoms with E-state index < -0.39 is 0 Å². The molecule has 1 N–H and O–H groups in total. The van der Waals surface area contributed by atoms with Gasteiger partial charge < -0.3 is 19.9 Å². The highest BCUT2D eigenvalue weighted by molar-refractivity contribution is 5.99. The molecule has 0 spiro atoms. The van der Waals surface area contributed by atoms with Gasteiger partial charge in [0.1, 0.15) is 12.4 Å². The molecule has 2 heterocycles. The zero-order chi connectivity index (χ0) is 17.1. The van der Waals surface area contributed by atoms with Crippen LogP contribution in [0.1, 0.15) is 5.56 Å². The molecule has 1 saturated heterocycles. The Kier molecular flexibility index (Phi) is 4.85. The van der Waals surface area contributed by atoms with Crippen LogP contribution in [0, 0.1) is 5.92 Å². The number of fused-ring (bicyclic) bond motifs is 1. The molecule has 0 aromatic heterocycles. The second-order valence-corrected chi connectivity index (χ2v) is 6.32. The number of likely N-dealkylation sites (N-methyl/N-ethyl adjacent to an activating group) is 1. The molecule has 0 radical (unpaired) electrons. The van der Waals surface area contributed by atoms with E-state index in [0.29, 0.717) is 25.2 Å². The molecular weight excluding hydrogens is 306 g/mol. The zero-order valence-corrected chi connectivity index (χ0v) is 14.1. The van der Waals surface area contributed by atoms with Crippen LogP contribution in [-0.2, 0) is 9.59 Å². The summed E-state index contributed by atoms with van der Waals surface area (Å²) in [5.41, 5.74) is 1.55. The Bertz CT molecular complexity index is 671. The van der Waals surface area contributed by atoms with E-state index in [9.17, 15) is 9.59 Å². The largest absolute Gasteiger partial charge is 0.488 e. The van der Waals surface area contributed by atoms with Crippen LogP contribution in [0.3, 0.4) is 0 Å². The summed E-state index contributed by atoms with van der Waals surface area (Å²) in [5, 5.41) is 2.69. The normalized spacial score (nSPS) is 21.2. The molecule has 0 bridgehead atoms. The maximum absolute atomic E-state index is 12.9. The van der Waals surface area contributed by atoms with Crippen molar-refractivity contribution in [3.63, 3.8) is 0 Å². The Morgan fingerprint density at radius 3 is 2.79 bits per heavy atom.